The molecule has 1 aliphatic rings. The Hall–Kier alpha value is -1.10. The molecule has 0 bridgehead atoms. The van der Waals surface area contributed by atoms with Crippen LogP contribution in [0.25, 0.3) is 0 Å². The Balaban J connectivity index is 2.21. The standard InChI is InChI=1S/C12H23N3O2/c1-5-13-11(17)15-10(16)8(2)14-7-9-6-12(9,3)4/h8-9,14H,5-7H2,1-4H3,(H2,13,15,16,17). The van der Waals surface area contributed by atoms with Gasteiger partial charge in [0.25, 0.3) is 0 Å². The van der Waals surface area contributed by atoms with Crippen LogP contribution >= 0.6 is 0 Å². The zero-order chi connectivity index (χ0) is 13.1. The highest BCUT2D eigenvalue weighted by molar-refractivity contribution is 5.96. The van der Waals surface area contributed by atoms with Crippen LogP contribution in [-0.2, 0) is 4.79 Å². The topological polar surface area (TPSA) is 70.2 Å². The minimum Gasteiger partial charge on any atom is -0.338 e. The van der Waals surface area contributed by atoms with Gasteiger partial charge in [0, 0.05) is 6.54 Å². The van der Waals surface area contributed by atoms with Gasteiger partial charge in [-0.05, 0) is 38.1 Å². The van der Waals surface area contributed by atoms with Crippen molar-refractivity contribution in [3.63, 3.8) is 0 Å². The zero-order valence-electron chi connectivity index (χ0n) is 11.1. The van der Waals surface area contributed by atoms with Crippen LogP contribution < -0.4 is 16.0 Å². The molecule has 98 valence electrons. The van der Waals surface area contributed by atoms with Gasteiger partial charge >= 0.3 is 6.03 Å². The highest BCUT2D eigenvalue weighted by Gasteiger charge is 2.45. The van der Waals surface area contributed by atoms with Gasteiger partial charge in [0.15, 0.2) is 0 Å². The van der Waals surface area contributed by atoms with E-state index in [1.165, 1.54) is 6.42 Å². The van der Waals surface area contributed by atoms with Crippen molar-refractivity contribution < 1.29 is 9.59 Å². The van der Waals surface area contributed by atoms with Gasteiger partial charge in [-0.2, -0.15) is 0 Å². The molecule has 0 aromatic carbocycles. The van der Waals surface area contributed by atoms with Crippen molar-refractivity contribution in [1.82, 2.24) is 16.0 Å². The zero-order valence-corrected chi connectivity index (χ0v) is 11.1. The first-order chi connectivity index (χ1) is 7.86. The number of hydrogen-bond acceptors (Lipinski definition) is 3. The molecule has 0 heterocycles. The van der Waals surface area contributed by atoms with E-state index in [1.807, 2.05) is 0 Å². The van der Waals surface area contributed by atoms with Crippen LogP contribution in [0.2, 0.25) is 0 Å². The second-order valence-electron chi connectivity index (χ2n) is 5.37. The summed E-state index contributed by atoms with van der Waals surface area (Å²) < 4.78 is 0. The summed E-state index contributed by atoms with van der Waals surface area (Å²) in [4.78, 5) is 22.7. The van der Waals surface area contributed by atoms with Crippen molar-refractivity contribution >= 4 is 11.9 Å². The van der Waals surface area contributed by atoms with Gasteiger partial charge in [-0.15, -0.1) is 0 Å². The van der Waals surface area contributed by atoms with Crippen LogP contribution in [-0.4, -0.2) is 31.1 Å². The SMILES string of the molecule is CCNC(=O)NC(=O)C(C)NCC1CC1(C)C. The first-order valence-electron chi connectivity index (χ1n) is 6.19. The van der Waals surface area contributed by atoms with Crippen LogP contribution in [0.5, 0.6) is 0 Å². The number of carbonyl (C=O) groups is 2. The molecule has 2 atom stereocenters. The van der Waals surface area contributed by atoms with Crippen molar-refractivity contribution in [2.75, 3.05) is 13.1 Å². The number of rotatable bonds is 5. The molecule has 0 aromatic heterocycles. The Morgan fingerprint density at radius 1 is 1.41 bits per heavy atom. The summed E-state index contributed by atoms with van der Waals surface area (Å²) in [6.45, 7) is 9.36. The van der Waals surface area contributed by atoms with Gasteiger partial charge < -0.3 is 10.6 Å². The van der Waals surface area contributed by atoms with Crippen LogP contribution in [0.4, 0.5) is 4.79 Å². The molecular formula is C12H23N3O2. The molecule has 3 N–H and O–H groups in total. The average Bonchev–Trinajstić information content (AvgIpc) is 2.83. The third-order valence-electron chi connectivity index (χ3n) is 3.36. The molecule has 0 aliphatic heterocycles. The minimum atomic E-state index is -0.432. The normalized spacial score (nSPS) is 22.7. The van der Waals surface area contributed by atoms with Crippen LogP contribution in [0, 0.1) is 11.3 Å². The van der Waals surface area contributed by atoms with Gasteiger partial charge in [0.05, 0.1) is 6.04 Å². The lowest BCUT2D eigenvalue weighted by Crippen LogP contribution is -2.48. The van der Waals surface area contributed by atoms with Gasteiger partial charge in [-0.3, -0.25) is 10.1 Å². The van der Waals surface area contributed by atoms with E-state index >= 15 is 0 Å². The van der Waals surface area contributed by atoms with Crippen molar-refractivity contribution in [2.45, 2.75) is 40.2 Å². The largest absolute Gasteiger partial charge is 0.338 e. The van der Waals surface area contributed by atoms with Crippen LogP contribution in [0.3, 0.4) is 0 Å². The lowest BCUT2D eigenvalue weighted by Gasteiger charge is -2.14. The lowest BCUT2D eigenvalue weighted by atomic mass is 10.1. The van der Waals surface area contributed by atoms with Gasteiger partial charge in [-0.1, -0.05) is 13.8 Å². The quantitative estimate of drug-likeness (QED) is 0.668. The average molecular weight is 241 g/mol. The predicted molar refractivity (Wildman–Crippen MR) is 66.6 cm³/mol. The van der Waals surface area contributed by atoms with E-state index < -0.39 is 6.03 Å². The third kappa shape index (κ3) is 4.34. The number of hydrogen-bond donors (Lipinski definition) is 3. The molecule has 0 saturated heterocycles. The lowest BCUT2D eigenvalue weighted by molar-refractivity contribution is -0.121. The van der Waals surface area contributed by atoms with Crippen molar-refractivity contribution in [3.05, 3.63) is 0 Å². The maximum atomic E-state index is 11.6. The molecule has 0 radical (unpaired) electrons. The second kappa shape index (κ2) is 5.49. The summed E-state index contributed by atoms with van der Waals surface area (Å²) in [5.74, 6) is 0.358. The van der Waals surface area contributed by atoms with E-state index in [1.54, 1.807) is 13.8 Å². The molecule has 2 unspecified atom stereocenters. The minimum absolute atomic E-state index is 0.283. The number of nitrogens with one attached hydrogen (secondary N) is 3. The molecule has 1 fully saturated rings. The second-order valence-corrected chi connectivity index (χ2v) is 5.37. The molecule has 1 saturated carbocycles. The summed E-state index contributed by atoms with van der Waals surface area (Å²) in [6.07, 6.45) is 1.20. The molecule has 1 aliphatic carbocycles. The molecule has 0 aromatic rings. The summed E-state index contributed by atoms with van der Waals surface area (Å²) in [6, 6.07) is -0.771. The maximum absolute atomic E-state index is 11.6. The fraction of sp³-hybridized carbons (Fsp3) is 0.833. The van der Waals surface area contributed by atoms with Crippen molar-refractivity contribution in [3.8, 4) is 0 Å². The van der Waals surface area contributed by atoms with Gasteiger partial charge in [0.2, 0.25) is 5.91 Å². The summed E-state index contributed by atoms with van der Waals surface area (Å²) in [5, 5.41) is 7.97. The van der Waals surface area contributed by atoms with Gasteiger partial charge in [-0.25, -0.2) is 4.79 Å². The van der Waals surface area contributed by atoms with E-state index in [0.29, 0.717) is 17.9 Å². The number of urea groups is 1. The highest BCUT2D eigenvalue weighted by atomic mass is 16.2. The number of imide groups is 1. The molecule has 1 rings (SSSR count). The summed E-state index contributed by atoms with van der Waals surface area (Å²) in [7, 11) is 0. The summed E-state index contributed by atoms with van der Waals surface area (Å²) in [5.41, 5.74) is 0.406. The van der Waals surface area contributed by atoms with Crippen molar-refractivity contribution in [1.29, 1.82) is 0 Å². The Morgan fingerprint density at radius 2 is 2.00 bits per heavy atom. The number of amides is 3. The molecule has 5 nitrogen and oxygen atoms in total. The van der Waals surface area contributed by atoms with E-state index in [4.69, 9.17) is 0 Å². The third-order valence-corrected chi connectivity index (χ3v) is 3.36. The molecule has 0 spiro atoms. The fourth-order valence-corrected chi connectivity index (χ4v) is 1.76. The van der Waals surface area contributed by atoms with E-state index in [0.717, 1.165) is 6.54 Å². The van der Waals surface area contributed by atoms with Gasteiger partial charge in [0.1, 0.15) is 0 Å². The summed E-state index contributed by atoms with van der Waals surface area (Å²) >= 11 is 0. The van der Waals surface area contributed by atoms with E-state index in [2.05, 4.69) is 29.8 Å². The Morgan fingerprint density at radius 3 is 2.47 bits per heavy atom. The maximum Gasteiger partial charge on any atom is 0.321 e. The smallest absolute Gasteiger partial charge is 0.321 e. The first-order valence-corrected chi connectivity index (χ1v) is 6.19. The molecule has 3 amide bonds. The first kappa shape index (κ1) is 14.0. The Kier molecular flexibility index (Phi) is 4.51. The van der Waals surface area contributed by atoms with Crippen LogP contribution in [0.15, 0.2) is 0 Å². The fourth-order valence-electron chi connectivity index (χ4n) is 1.76. The molecular weight excluding hydrogens is 218 g/mol. The molecule has 5 heteroatoms. The van der Waals surface area contributed by atoms with E-state index in [9.17, 15) is 9.59 Å². The van der Waals surface area contributed by atoms with Crippen LogP contribution in [0.1, 0.15) is 34.1 Å². The highest BCUT2D eigenvalue weighted by Crippen LogP contribution is 2.50. The Labute approximate surface area is 103 Å². The van der Waals surface area contributed by atoms with E-state index in [-0.39, 0.29) is 11.9 Å². The monoisotopic (exact) mass is 241 g/mol. The predicted octanol–water partition coefficient (Wildman–Crippen LogP) is 0.856. The Bertz CT molecular complexity index is 302. The number of carbonyl (C=O) groups excluding carboxylic acids is 2. The molecule has 17 heavy (non-hydrogen) atoms. The van der Waals surface area contributed by atoms with Crippen molar-refractivity contribution in [2.24, 2.45) is 11.3 Å².